The SMILES string of the molecule is CCCCc1c(-c2ccc(F)cc2)c(C(N)=O)c(C)n1CCCO. The zero-order valence-electron chi connectivity index (χ0n) is 14.3. The zero-order chi connectivity index (χ0) is 17.7. The molecule has 2 rings (SSSR count). The predicted octanol–water partition coefficient (Wildman–Crippen LogP) is 3.43. The van der Waals surface area contributed by atoms with Crippen LogP contribution in [0.5, 0.6) is 0 Å². The van der Waals surface area contributed by atoms with Gasteiger partial charge in [0.25, 0.3) is 5.91 Å². The van der Waals surface area contributed by atoms with E-state index in [-0.39, 0.29) is 12.4 Å². The summed E-state index contributed by atoms with van der Waals surface area (Å²) < 4.78 is 15.4. The third kappa shape index (κ3) is 3.67. The molecule has 0 unspecified atom stereocenters. The molecule has 24 heavy (non-hydrogen) atoms. The molecule has 2 aromatic rings. The van der Waals surface area contributed by atoms with Crippen molar-refractivity contribution in [2.75, 3.05) is 6.61 Å². The van der Waals surface area contributed by atoms with Crippen molar-refractivity contribution in [3.05, 3.63) is 47.0 Å². The Balaban J connectivity index is 2.67. The average Bonchev–Trinajstić information content (AvgIpc) is 2.83. The number of hydrogen-bond acceptors (Lipinski definition) is 2. The number of hydrogen-bond donors (Lipinski definition) is 2. The zero-order valence-corrected chi connectivity index (χ0v) is 14.3. The van der Waals surface area contributed by atoms with Crippen molar-refractivity contribution in [3.8, 4) is 11.1 Å². The van der Waals surface area contributed by atoms with Gasteiger partial charge in [-0.1, -0.05) is 25.5 Å². The molecule has 0 fully saturated rings. The Labute approximate surface area is 142 Å². The highest BCUT2D eigenvalue weighted by molar-refractivity contribution is 6.02. The van der Waals surface area contributed by atoms with Crippen LogP contribution in [0.15, 0.2) is 24.3 Å². The average molecular weight is 332 g/mol. The van der Waals surface area contributed by atoms with E-state index in [4.69, 9.17) is 5.73 Å². The van der Waals surface area contributed by atoms with Crippen LogP contribution in [0.3, 0.4) is 0 Å². The third-order valence-electron chi connectivity index (χ3n) is 4.32. The molecule has 0 saturated heterocycles. The standard InChI is InChI=1S/C19H25FN2O2/c1-3-4-6-16-18(14-7-9-15(20)10-8-14)17(19(21)24)13(2)22(16)11-5-12-23/h7-10,23H,3-6,11-12H2,1-2H3,(H2,21,24). The molecule has 1 aromatic heterocycles. The maximum absolute atomic E-state index is 13.3. The van der Waals surface area contributed by atoms with Gasteiger partial charge in [-0.25, -0.2) is 4.39 Å². The van der Waals surface area contributed by atoms with Crippen LogP contribution in [-0.4, -0.2) is 22.2 Å². The Morgan fingerprint density at radius 3 is 2.46 bits per heavy atom. The maximum Gasteiger partial charge on any atom is 0.251 e. The summed E-state index contributed by atoms with van der Waals surface area (Å²) in [6.45, 7) is 4.70. The summed E-state index contributed by atoms with van der Waals surface area (Å²) in [5, 5.41) is 9.17. The highest BCUT2D eigenvalue weighted by atomic mass is 19.1. The van der Waals surface area contributed by atoms with Gasteiger partial charge >= 0.3 is 0 Å². The molecule has 0 aliphatic heterocycles. The Morgan fingerprint density at radius 1 is 1.25 bits per heavy atom. The molecule has 0 radical (unpaired) electrons. The summed E-state index contributed by atoms with van der Waals surface area (Å²) in [6, 6.07) is 6.15. The number of nitrogens with zero attached hydrogens (tertiary/aromatic N) is 1. The minimum atomic E-state index is -0.479. The molecule has 5 heteroatoms. The quantitative estimate of drug-likeness (QED) is 0.777. The lowest BCUT2D eigenvalue weighted by Crippen LogP contribution is -2.13. The van der Waals surface area contributed by atoms with Crippen LogP contribution in [0.2, 0.25) is 0 Å². The summed E-state index contributed by atoms with van der Waals surface area (Å²) in [5.41, 5.74) is 9.57. The van der Waals surface area contributed by atoms with Gasteiger partial charge in [-0.2, -0.15) is 0 Å². The number of amides is 1. The van der Waals surface area contributed by atoms with E-state index in [1.54, 1.807) is 12.1 Å². The number of aliphatic hydroxyl groups is 1. The van der Waals surface area contributed by atoms with Crippen molar-refractivity contribution in [3.63, 3.8) is 0 Å². The van der Waals surface area contributed by atoms with Crippen molar-refractivity contribution >= 4 is 5.91 Å². The fraction of sp³-hybridized carbons (Fsp3) is 0.421. The van der Waals surface area contributed by atoms with Gasteiger partial charge in [-0.15, -0.1) is 0 Å². The van der Waals surface area contributed by atoms with E-state index in [0.717, 1.165) is 41.8 Å². The summed E-state index contributed by atoms with van der Waals surface area (Å²) >= 11 is 0. The number of carbonyl (C=O) groups is 1. The molecule has 0 saturated carbocycles. The van der Waals surface area contributed by atoms with Crippen LogP contribution < -0.4 is 5.73 Å². The number of unbranched alkanes of at least 4 members (excludes halogenated alkanes) is 1. The predicted molar refractivity (Wildman–Crippen MR) is 93.4 cm³/mol. The van der Waals surface area contributed by atoms with Crippen molar-refractivity contribution < 1.29 is 14.3 Å². The number of nitrogens with two attached hydrogens (primary N) is 1. The number of aromatic nitrogens is 1. The summed E-state index contributed by atoms with van der Waals surface area (Å²) in [6.07, 6.45) is 3.42. The summed E-state index contributed by atoms with van der Waals surface area (Å²) in [5.74, 6) is -0.793. The molecule has 0 atom stereocenters. The molecule has 0 aliphatic carbocycles. The molecule has 0 spiro atoms. The monoisotopic (exact) mass is 332 g/mol. The van der Waals surface area contributed by atoms with Gasteiger partial charge in [0.05, 0.1) is 5.56 Å². The molecule has 1 heterocycles. The second kappa shape index (κ2) is 8.11. The van der Waals surface area contributed by atoms with Gasteiger partial charge in [-0.05, 0) is 43.9 Å². The molecular weight excluding hydrogens is 307 g/mol. The van der Waals surface area contributed by atoms with E-state index in [1.165, 1.54) is 12.1 Å². The molecule has 0 bridgehead atoms. The maximum atomic E-state index is 13.3. The Morgan fingerprint density at radius 2 is 1.92 bits per heavy atom. The first kappa shape index (κ1) is 18.2. The number of benzene rings is 1. The molecular formula is C19H25FN2O2. The van der Waals surface area contributed by atoms with Gasteiger partial charge in [0.2, 0.25) is 0 Å². The molecule has 1 amide bonds. The topological polar surface area (TPSA) is 68.2 Å². The van der Waals surface area contributed by atoms with Crippen LogP contribution in [0, 0.1) is 12.7 Å². The first-order chi connectivity index (χ1) is 11.5. The summed E-state index contributed by atoms with van der Waals surface area (Å²) in [7, 11) is 0. The first-order valence-corrected chi connectivity index (χ1v) is 8.39. The van der Waals surface area contributed by atoms with E-state index in [1.807, 2.05) is 6.92 Å². The van der Waals surface area contributed by atoms with Gasteiger partial charge in [-0.3, -0.25) is 4.79 Å². The Kier molecular flexibility index (Phi) is 6.15. The third-order valence-corrected chi connectivity index (χ3v) is 4.32. The van der Waals surface area contributed by atoms with Crippen molar-refractivity contribution in [1.82, 2.24) is 4.57 Å². The molecule has 130 valence electrons. The smallest absolute Gasteiger partial charge is 0.251 e. The number of rotatable bonds is 8. The van der Waals surface area contributed by atoms with Gasteiger partial charge in [0.15, 0.2) is 0 Å². The minimum absolute atomic E-state index is 0.0859. The van der Waals surface area contributed by atoms with Crippen molar-refractivity contribution in [2.24, 2.45) is 5.73 Å². The molecule has 4 nitrogen and oxygen atoms in total. The molecule has 3 N–H and O–H groups in total. The number of aliphatic hydroxyl groups excluding tert-OH is 1. The number of carbonyl (C=O) groups excluding carboxylic acids is 1. The fourth-order valence-corrected chi connectivity index (χ4v) is 3.16. The van der Waals surface area contributed by atoms with E-state index >= 15 is 0 Å². The van der Waals surface area contributed by atoms with E-state index in [0.29, 0.717) is 18.5 Å². The molecule has 1 aromatic carbocycles. The van der Waals surface area contributed by atoms with Gasteiger partial charge in [0.1, 0.15) is 5.82 Å². The first-order valence-electron chi connectivity index (χ1n) is 8.39. The number of halogens is 1. The van der Waals surface area contributed by atoms with Gasteiger partial charge in [0, 0.05) is 30.1 Å². The minimum Gasteiger partial charge on any atom is -0.396 e. The number of primary amides is 1. The lowest BCUT2D eigenvalue weighted by molar-refractivity contribution is 0.1000. The van der Waals surface area contributed by atoms with Crippen LogP contribution in [-0.2, 0) is 13.0 Å². The van der Waals surface area contributed by atoms with Crippen molar-refractivity contribution in [2.45, 2.75) is 46.1 Å². The van der Waals surface area contributed by atoms with E-state index < -0.39 is 5.91 Å². The van der Waals surface area contributed by atoms with Crippen LogP contribution in [0.4, 0.5) is 4.39 Å². The van der Waals surface area contributed by atoms with Gasteiger partial charge < -0.3 is 15.4 Å². The van der Waals surface area contributed by atoms with Crippen LogP contribution in [0.1, 0.15) is 47.9 Å². The lowest BCUT2D eigenvalue weighted by Gasteiger charge is -2.12. The fourth-order valence-electron chi connectivity index (χ4n) is 3.16. The second-order valence-electron chi connectivity index (χ2n) is 5.99. The van der Waals surface area contributed by atoms with E-state index in [2.05, 4.69) is 11.5 Å². The molecule has 0 aliphatic rings. The second-order valence-corrected chi connectivity index (χ2v) is 5.99. The Bertz CT molecular complexity index is 705. The van der Waals surface area contributed by atoms with E-state index in [9.17, 15) is 14.3 Å². The van der Waals surface area contributed by atoms with Crippen LogP contribution >= 0.6 is 0 Å². The lowest BCUT2D eigenvalue weighted by atomic mass is 9.97. The van der Waals surface area contributed by atoms with Crippen LogP contribution in [0.25, 0.3) is 11.1 Å². The Hall–Kier alpha value is -2.14. The summed E-state index contributed by atoms with van der Waals surface area (Å²) in [4.78, 5) is 12.1. The van der Waals surface area contributed by atoms with Crippen molar-refractivity contribution in [1.29, 1.82) is 0 Å². The largest absolute Gasteiger partial charge is 0.396 e. The highest BCUT2D eigenvalue weighted by Crippen LogP contribution is 2.34. The normalized spacial score (nSPS) is 11.0. The highest BCUT2D eigenvalue weighted by Gasteiger charge is 2.24.